The zero-order valence-corrected chi connectivity index (χ0v) is 11.0. The lowest BCUT2D eigenvalue weighted by Crippen LogP contribution is -1.99. The van der Waals surface area contributed by atoms with E-state index in [0.29, 0.717) is 11.3 Å². The summed E-state index contributed by atoms with van der Waals surface area (Å²) in [6, 6.07) is 3.61. The molecule has 13 heavy (non-hydrogen) atoms. The van der Waals surface area contributed by atoms with Crippen molar-refractivity contribution in [3.05, 3.63) is 25.7 Å². The highest BCUT2D eigenvalue weighted by molar-refractivity contribution is 14.1. The molecule has 0 saturated carbocycles. The first-order valence-corrected chi connectivity index (χ1v) is 5.48. The smallest absolute Gasteiger partial charge is 0.163 e. The first-order valence-electron chi connectivity index (χ1n) is 3.61. The molecule has 0 fully saturated rings. The number of halogens is 2. The van der Waals surface area contributed by atoms with Gasteiger partial charge in [-0.3, -0.25) is 4.79 Å². The average Bonchev–Trinajstić information content (AvgIpc) is 2.09. The Kier molecular flexibility index (Phi) is 3.73. The fourth-order valence-corrected chi connectivity index (χ4v) is 2.01. The first-order chi connectivity index (χ1) is 6.07. The minimum Gasteiger partial charge on any atom is -0.495 e. The maximum absolute atomic E-state index is 11.2. The Morgan fingerprint density at radius 3 is 2.62 bits per heavy atom. The van der Waals surface area contributed by atoms with Gasteiger partial charge in [0.25, 0.3) is 0 Å². The van der Waals surface area contributed by atoms with Crippen LogP contribution in [0.4, 0.5) is 0 Å². The van der Waals surface area contributed by atoms with Crippen molar-refractivity contribution in [2.24, 2.45) is 0 Å². The summed E-state index contributed by atoms with van der Waals surface area (Å²) in [5.41, 5.74) is 0.620. The summed E-state index contributed by atoms with van der Waals surface area (Å²) >= 11 is 5.51. The third kappa shape index (κ3) is 2.22. The van der Waals surface area contributed by atoms with E-state index in [1.165, 1.54) is 6.92 Å². The molecule has 0 radical (unpaired) electrons. The van der Waals surface area contributed by atoms with Crippen LogP contribution >= 0.6 is 38.5 Å². The number of carbonyl (C=O) groups is 1. The maximum atomic E-state index is 11.2. The standard InChI is InChI=1S/C9H8BrIO2/c1-5(12)6-3-4-7(10)8(11)9(6)13-2/h3-4H,1-2H3. The number of methoxy groups -OCH3 is 1. The molecule has 0 N–H and O–H groups in total. The van der Waals surface area contributed by atoms with Crippen LogP contribution in [0.2, 0.25) is 0 Å². The second-order valence-electron chi connectivity index (χ2n) is 2.50. The zero-order valence-electron chi connectivity index (χ0n) is 7.23. The third-order valence-corrected chi connectivity index (χ3v) is 4.11. The highest BCUT2D eigenvalue weighted by atomic mass is 127. The summed E-state index contributed by atoms with van der Waals surface area (Å²) in [7, 11) is 1.57. The van der Waals surface area contributed by atoms with Crippen molar-refractivity contribution in [3.8, 4) is 5.75 Å². The van der Waals surface area contributed by atoms with E-state index in [1.807, 2.05) is 6.07 Å². The molecule has 2 nitrogen and oxygen atoms in total. The fraction of sp³-hybridized carbons (Fsp3) is 0.222. The number of rotatable bonds is 2. The molecular weight excluding hydrogens is 347 g/mol. The number of ketones is 1. The highest BCUT2D eigenvalue weighted by Gasteiger charge is 2.13. The molecule has 0 aliphatic rings. The quantitative estimate of drug-likeness (QED) is 0.602. The van der Waals surface area contributed by atoms with Gasteiger partial charge in [0.05, 0.1) is 16.2 Å². The Morgan fingerprint density at radius 1 is 1.54 bits per heavy atom. The molecule has 4 heteroatoms. The maximum Gasteiger partial charge on any atom is 0.163 e. The second kappa shape index (κ2) is 4.41. The lowest BCUT2D eigenvalue weighted by Gasteiger charge is -2.08. The Bertz CT molecular complexity index is 350. The van der Waals surface area contributed by atoms with Crippen LogP contribution in [0.1, 0.15) is 17.3 Å². The SMILES string of the molecule is COc1c(C(C)=O)ccc(Br)c1I. The first kappa shape index (κ1) is 11.0. The molecule has 0 bridgehead atoms. The minimum absolute atomic E-state index is 0.0160. The summed E-state index contributed by atoms with van der Waals surface area (Å²) < 4.78 is 7.02. The third-order valence-electron chi connectivity index (χ3n) is 1.63. The Labute approximate surface area is 98.9 Å². The predicted octanol–water partition coefficient (Wildman–Crippen LogP) is 3.26. The number of hydrogen-bond donors (Lipinski definition) is 0. The van der Waals surface area contributed by atoms with Crippen molar-refractivity contribution >= 4 is 44.3 Å². The molecule has 1 rings (SSSR count). The lowest BCUT2D eigenvalue weighted by atomic mass is 10.1. The normalized spacial score (nSPS) is 9.85. The van der Waals surface area contributed by atoms with E-state index in [9.17, 15) is 4.79 Å². The highest BCUT2D eigenvalue weighted by Crippen LogP contribution is 2.31. The van der Waals surface area contributed by atoms with Gasteiger partial charge in [0, 0.05) is 4.47 Å². The topological polar surface area (TPSA) is 26.3 Å². The fourth-order valence-electron chi connectivity index (χ4n) is 1.01. The molecule has 0 aliphatic heterocycles. The number of hydrogen-bond acceptors (Lipinski definition) is 2. The summed E-state index contributed by atoms with van der Waals surface area (Å²) in [4.78, 5) is 11.2. The molecule has 70 valence electrons. The summed E-state index contributed by atoms with van der Waals surface area (Å²) in [6.07, 6.45) is 0. The van der Waals surface area contributed by atoms with Crippen molar-refractivity contribution in [2.45, 2.75) is 6.92 Å². The second-order valence-corrected chi connectivity index (χ2v) is 4.43. The van der Waals surface area contributed by atoms with Gasteiger partial charge in [0.1, 0.15) is 5.75 Å². The van der Waals surface area contributed by atoms with Crippen LogP contribution in [0.15, 0.2) is 16.6 Å². The van der Waals surface area contributed by atoms with Crippen LogP contribution in [0.3, 0.4) is 0 Å². The average molecular weight is 355 g/mol. The van der Waals surface area contributed by atoms with E-state index in [1.54, 1.807) is 13.2 Å². The number of carbonyl (C=O) groups excluding carboxylic acids is 1. The number of ether oxygens (including phenoxy) is 1. The van der Waals surface area contributed by atoms with Crippen molar-refractivity contribution < 1.29 is 9.53 Å². The molecule has 1 aromatic rings. The van der Waals surface area contributed by atoms with Gasteiger partial charge >= 0.3 is 0 Å². The van der Waals surface area contributed by atoms with Crippen LogP contribution in [0, 0.1) is 3.57 Å². The van der Waals surface area contributed by atoms with Crippen molar-refractivity contribution in [3.63, 3.8) is 0 Å². The molecular formula is C9H8BrIO2. The van der Waals surface area contributed by atoms with Crippen molar-refractivity contribution in [1.82, 2.24) is 0 Å². The molecule has 1 aromatic carbocycles. The van der Waals surface area contributed by atoms with Crippen molar-refractivity contribution in [1.29, 1.82) is 0 Å². The lowest BCUT2D eigenvalue weighted by molar-refractivity contribution is 0.101. The van der Waals surface area contributed by atoms with Gasteiger partial charge in [-0.05, 0) is 57.6 Å². The van der Waals surface area contributed by atoms with E-state index < -0.39 is 0 Å². The van der Waals surface area contributed by atoms with Crippen LogP contribution < -0.4 is 4.74 Å². The Hall–Kier alpha value is -0.100. The van der Waals surface area contributed by atoms with E-state index in [-0.39, 0.29) is 5.78 Å². The van der Waals surface area contributed by atoms with Gasteiger partial charge < -0.3 is 4.74 Å². The van der Waals surface area contributed by atoms with E-state index in [0.717, 1.165) is 8.04 Å². The van der Waals surface area contributed by atoms with Gasteiger partial charge in [-0.15, -0.1) is 0 Å². The van der Waals surface area contributed by atoms with Gasteiger partial charge in [0.15, 0.2) is 5.78 Å². The molecule has 0 amide bonds. The monoisotopic (exact) mass is 354 g/mol. The summed E-state index contributed by atoms with van der Waals surface area (Å²) in [5, 5.41) is 0. The summed E-state index contributed by atoms with van der Waals surface area (Å²) in [6.45, 7) is 1.53. The Balaban J connectivity index is 3.38. The molecule has 0 heterocycles. The molecule has 0 aromatic heterocycles. The molecule has 0 unspecified atom stereocenters. The molecule has 0 atom stereocenters. The molecule has 0 aliphatic carbocycles. The summed E-state index contributed by atoms with van der Waals surface area (Å²) in [5.74, 6) is 0.657. The molecule has 0 saturated heterocycles. The van der Waals surface area contributed by atoms with Crippen LogP contribution in [0.25, 0.3) is 0 Å². The predicted molar refractivity (Wildman–Crippen MR) is 63.4 cm³/mol. The number of benzene rings is 1. The van der Waals surface area contributed by atoms with Crippen molar-refractivity contribution in [2.75, 3.05) is 7.11 Å². The van der Waals surface area contributed by atoms with Gasteiger partial charge in [0.2, 0.25) is 0 Å². The molecule has 0 spiro atoms. The van der Waals surface area contributed by atoms with E-state index in [4.69, 9.17) is 4.74 Å². The largest absolute Gasteiger partial charge is 0.495 e. The van der Waals surface area contributed by atoms with Gasteiger partial charge in [-0.2, -0.15) is 0 Å². The minimum atomic E-state index is 0.0160. The van der Waals surface area contributed by atoms with Gasteiger partial charge in [-0.25, -0.2) is 0 Å². The van der Waals surface area contributed by atoms with Gasteiger partial charge in [-0.1, -0.05) is 0 Å². The van der Waals surface area contributed by atoms with Crippen LogP contribution in [-0.2, 0) is 0 Å². The van der Waals surface area contributed by atoms with Crippen LogP contribution in [-0.4, -0.2) is 12.9 Å². The van der Waals surface area contributed by atoms with E-state index in [2.05, 4.69) is 38.5 Å². The Morgan fingerprint density at radius 2 is 2.15 bits per heavy atom. The van der Waals surface area contributed by atoms with Crippen LogP contribution in [0.5, 0.6) is 5.75 Å². The zero-order chi connectivity index (χ0) is 10.0. The van der Waals surface area contributed by atoms with E-state index >= 15 is 0 Å². The number of Topliss-reactive ketones (excluding diaryl/α,β-unsaturated/α-hetero) is 1.